The van der Waals surface area contributed by atoms with E-state index >= 15 is 0 Å². The fourth-order valence-electron chi connectivity index (χ4n) is 1.36. The molecule has 0 aliphatic carbocycles. The molecule has 0 amide bonds. The molecular formula is C13H18N2. The first-order valence-electron chi connectivity index (χ1n) is 5.37. The SMILES string of the molecule is C#CC(CCC)NCc1ccc(C)cn1. The van der Waals surface area contributed by atoms with Crippen LogP contribution in [0, 0.1) is 19.3 Å². The van der Waals surface area contributed by atoms with Crippen LogP contribution in [0.2, 0.25) is 0 Å². The van der Waals surface area contributed by atoms with Gasteiger partial charge in [0, 0.05) is 12.7 Å². The number of aryl methyl sites for hydroxylation is 1. The highest BCUT2D eigenvalue weighted by Crippen LogP contribution is 2.00. The van der Waals surface area contributed by atoms with Crippen molar-refractivity contribution in [3.8, 4) is 12.3 Å². The van der Waals surface area contributed by atoms with Crippen molar-refractivity contribution >= 4 is 0 Å². The Labute approximate surface area is 92.1 Å². The Bertz CT molecular complexity index is 321. The van der Waals surface area contributed by atoms with Crippen molar-refractivity contribution in [2.24, 2.45) is 0 Å². The summed E-state index contributed by atoms with van der Waals surface area (Å²) in [6.07, 6.45) is 9.41. The average molecular weight is 202 g/mol. The van der Waals surface area contributed by atoms with Crippen LogP contribution in [0.4, 0.5) is 0 Å². The van der Waals surface area contributed by atoms with E-state index in [-0.39, 0.29) is 6.04 Å². The minimum Gasteiger partial charge on any atom is -0.298 e. The monoisotopic (exact) mass is 202 g/mol. The molecule has 2 heteroatoms. The van der Waals surface area contributed by atoms with Crippen molar-refractivity contribution in [3.63, 3.8) is 0 Å². The maximum atomic E-state index is 5.41. The molecule has 0 saturated heterocycles. The molecule has 0 aromatic carbocycles. The number of terminal acetylenes is 1. The minimum absolute atomic E-state index is 0.165. The molecule has 0 radical (unpaired) electrons. The lowest BCUT2D eigenvalue weighted by molar-refractivity contribution is 0.557. The molecular weight excluding hydrogens is 184 g/mol. The summed E-state index contributed by atoms with van der Waals surface area (Å²) < 4.78 is 0. The molecule has 1 N–H and O–H groups in total. The Morgan fingerprint density at radius 1 is 1.53 bits per heavy atom. The van der Waals surface area contributed by atoms with Gasteiger partial charge in [-0.25, -0.2) is 0 Å². The summed E-state index contributed by atoms with van der Waals surface area (Å²) >= 11 is 0. The number of pyridine rings is 1. The van der Waals surface area contributed by atoms with Crippen molar-refractivity contribution in [3.05, 3.63) is 29.6 Å². The van der Waals surface area contributed by atoms with Crippen LogP contribution in [-0.2, 0) is 6.54 Å². The van der Waals surface area contributed by atoms with Gasteiger partial charge in [0.2, 0.25) is 0 Å². The van der Waals surface area contributed by atoms with Gasteiger partial charge in [-0.05, 0) is 25.0 Å². The molecule has 0 spiro atoms. The number of nitrogens with zero attached hydrogens (tertiary/aromatic N) is 1. The molecule has 1 heterocycles. The van der Waals surface area contributed by atoms with Crippen LogP contribution in [0.15, 0.2) is 18.3 Å². The zero-order valence-electron chi connectivity index (χ0n) is 9.46. The van der Waals surface area contributed by atoms with E-state index in [2.05, 4.69) is 29.2 Å². The zero-order valence-corrected chi connectivity index (χ0v) is 9.46. The number of aromatic nitrogens is 1. The molecule has 0 aliphatic rings. The molecule has 15 heavy (non-hydrogen) atoms. The van der Waals surface area contributed by atoms with E-state index in [0.29, 0.717) is 0 Å². The van der Waals surface area contributed by atoms with Gasteiger partial charge in [-0.1, -0.05) is 25.3 Å². The molecule has 80 valence electrons. The number of nitrogens with one attached hydrogen (secondary N) is 1. The van der Waals surface area contributed by atoms with Crippen LogP contribution < -0.4 is 5.32 Å². The van der Waals surface area contributed by atoms with Gasteiger partial charge in [-0.15, -0.1) is 6.42 Å². The second-order valence-corrected chi connectivity index (χ2v) is 3.72. The van der Waals surface area contributed by atoms with Gasteiger partial charge in [0.15, 0.2) is 0 Å². The first-order chi connectivity index (χ1) is 7.26. The second-order valence-electron chi connectivity index (χ2n) is 3.72. The van der Waals surface area contributed by atoms with Crippen molar-refractivity contribution in [2.75, 3.05) is 0 Å². The molecule has 0 fully saturated rings. The molecule has 0 aliphatic heterocycles. The summed E-state index contributed by atoms with van der Waals surface area (Å²) in [4.78, 5) is 4.31. The van der Waals surface area contributed by atoms with Crippen molar-refractivity contribution in [1.29, 1.82) is 0 Å². The molecule has 1 aromatic rings. The van der Waals surface area contributed by atoms with Crippen LogP contribution in [0.3, 0.4) is 0 Å². The van der Waals surface area contributed by atoms with Crippen LogP contribution in [0.1, 0.15) is 31.0 Å². The summed E-state index contributed by atoms with van der Waals surface area (Å²) in [5.74, 6) is 2.75. The van der Waals surface area contributed by atoms with Gasteiger partial charge in [0.05, 0.1) is 11.7 Å². The van der Waals surface area contributed by atoms with Gasteiger partial charge < -0.3 is 0 Å². The van der Waals surface area contributed by atoms with Crippen molar-refractivity contribution in [1.82, 2.24) is 10.3 Å². The predicted molar refractivity (Wildman–Crippen MR) is 63.3 cm³/mol. The Balaban J connectivity index is 2.42. The Morgan fingerprint density at radius 2 is 2.33 bits per heavy atom. The van der Waals surface area contributed by atoms with Crippen LogP contribution >= 0.6 is 0 Å². The van der Waals surface area contributed by atoms with Gasteiger partial charge in [-0.3, -0.25) is 10.3 Å². The zero-order chi connectivity index (χ0) is 11.1. The van der Waals surface area contributed by atoms with Gasteiger partial charge >= 0.3 is 0 Å². The van der Waals surface area contributed by atoms with E-state index in [9.17, 15) is 0 Å². The Morgan fingerprint density at radius 3 is 2.87 bits per heavy atom. The van der Waals surface area contributed by atoms with Gasteiger partial charge in [0.1, 0.15) is 0 Å². The third kappa shape index (κ3) is 4.14. The lowest BCUT2D eigenvalue weighted by Gasteiger charge is -2.11. The molecule has 2 nitrogen and oxygen atoms in total. The molecule has 1 unspecified atom stereocenters. The molecule has 0 bridgehead atoms. The van der Waals surface area contributed by atoms with Crippen molar-refractivity contribution in [2.45, 2.75) is 39.3 Å². The molecule has 1 rings (SSSR count). The quantitative estimate of drug-likeness (QED) is 0.741. The third-order valence-corrected chi connectivity index (χ3v) is 2.28. The lowest BCUT2D eigenvalue weighted by Crippen LogP contribution is -2.27. The van der Waals surface area contributed by atoms with Crippen LogP contribution in [0.25, 0.3) is 0 Å². The van der Waals surface area contributed by atoms with Gasteiger partial charge in [-0.2, -0.15) is 0 Å². The largest absolute Gasteiger partial charge is 0.298 e. The molecule has 1 aromatic heterocycles. The summed E-state index contributed by atoms with van der Waals surface area (Å²) in [6, 6.07) is 4.26. The fraction of sp³-hybridized carbons (Fsp3) is 0.462. The average Bonchev–Trinajstić information content (AvgIpc) is 2.26. The smallest absolute Gasteiger partial charge is 0.0689 e. The maximum Gasteiger partial charge on any atom is 0.0689 e. The topological polar surface area (TPSA) is 24.9 Å². The first kappa shape index (κ1) is 11.7. The fourth-order valence-corrected chi connectivity index (χ4v) is 1.36. The van der Waals surface area contributed by atoms with E-state index in [1.165, 1.54) is 5.56 Å². The van der Waals surface area contributed by atoms with Crippen molar-refractivity contribution < 1.29 is 0 Å². The van der Waals surface area contributed by atoms with E-state index in [1.807, 2.05) is 19.2 Å². The third-order valence-electron chi connectivity index (χ3n) is 2.28. The van der Waals surface area contributed by atoms with E-state index in [4.69, 9.17) is 6.42 Å². The van der Waals surface area contributed by atoms with E-state index in [1.54, 1.807) is 0 Å². The van der Waals surface area contributed by atoms with E-state index in [0.717, 1.165) is 25.1 Å². The van der Waals surface area contributed by atoms with E-state index < -0.39 is 0 Å². The summed E-state index contributed by atoms with van der Waals surface area (Å²) in [7, 11) is 0. The number of hydrogen-bond donors (Lipinski definition) is 1. The van der Waals surface area contributed by atoms with Gasteiger partial charge in [0.25, 0.3) is 0 Å². The highest BCUT2D eigenvalue weighted by molar-refractivity contribution is 5.12. The Kier molecular flexibility index (Phi) is 4.86. The molecule has 0 saturated carbocycles. The summed E-state index contributed by atoms with van der Waals surface area (Å²) in [5, 5.41) is 3.31. The van der Waals surface area contributed by atoms with Crippen LogP contribution in [-0.4, -0.2) is 11.0 Å². The summed E-state index contributed by atoms with van der Waals surface area (Å²) in [5.41, 5.74) is 2.22. The Hall–Kier alpha value is -1.33. The second kappa shape index (κ2) is 6.21. The highest BCUT2D eigenvalue weighted by Gasteiger charge is 2.02. The standard InChI is InChI=1S/C13H18N2/c1-4-6-12(5-2)15-10-13-8-7-11(3)9-14-13/h2,7-9,12,15H,4,6,10H2,1,3H3. The predicted octanol–water partition coefficient (Wildman–Crippen LogP) is 2.28. The normalized spacial score (nSPS) is 12.1. The minimum atomic E-state index is 0.165. The first-order valence-corrected chi connectivity index (χ1v) is 5.37. The molecule has 1 atom stereocenters. The highest BCUT2D eigenvalue weighted by atomic mass is 14.9. The number of rotatable bonds is 5. The summed E-state index contributed by atoms with van der Waals surface area (Å²) in [6.45, 7) is 4.91. The lowest BCUT2D eigenvalue weighted by atomic mass is 10.2. The number of hydrogen-bond acceptors (Lipinski definition) is 2. The van der Waals surface area contributed by atoms with Crippen LogP contribution in [0.5, 0.6) is 0 Å². The maximum absolute atomic E-state index is 5.41.